The maximum absolute atomic E-state index is 8.65. The van der Waals surface area contributed by atoms with Crippen LogP contribution in [0.25, 0.3) is 0 Å². The molecule has 3 heteroatoms. The third kappa shape index (κ3) is 2.52. The summed E-state index contributed by atoms with van der Waals surface area (Å²) in [6.07, 6.45) is 6.63. The zero-order valence-corrected chi connectivity index (χ0v) is 9.52. The highest BCUT2D eigenvalue weighted by atomic mass is 16.5. The standard InChI is InChI=1S/C13H16N2O/c1-2-10-3-5-12(7-10)16-13-6-4-11(8-14)9-15-13/h4,6,9-10,12H,2-3,5,7H2,1H3/t10-,12?/m0/s1. The normalized spacial score (nSPS) is 24.0. The molecule has 16 heavy (non-hydrogen) atoms. The zero-order valence-electron chi connectivity index (χ0n) is 9.52. The molecule has 1 aromatic rings. The molecular formula is C13H16N2O. The van der Waals surface area contributed by atoms with Crippen LogP contribution in [0.1, 0.15) is 38.2 Å². The van der Waals surface area contributed by atoms with Crippen LogP contribution in [0.5, 0.6) is 5.88 Å². The SMILES string of the molecule is CC[C@H]1CCC(Oc2ccc(C#N)cn2)C1. The number of ether oxygens (including phenoxy) is 1. The van der Waals surface area contributed by atoms with Crippen LogP contribution < -0.4 is 4.74 Å². The van der Waals surface area contributed by atoms with E-state index in [-0.39, 0.29) is 0 Å². The van der Waals surface area contributed by atoms with E-state index in [4.69, 9.17) is 10.00 Å². The molecule has 0 saturated heterocycles. The van der Waals surface area contributed by atoms with Crippen LogP contribution in [0.15, 0.2) is 18.3 Å². The predicted molar refractivity (Wildman–Crippen MR) is 61.0 cm³/mol. The van der Waals surface area contributed by atoms with Crippen molar-refractivity contribution < 1.29 is 4.74 Å². The lowest BCUT2D eigenvalue weighted by Gasteiger charge is -2.12. The fraction of sp³-hybridized carbons (Fsp3) is 0.538. The predicted octanol–water partition coefficient (Wildman–Crippen LogP) is 2.91. The van der Waals surface area contributed by atoms with Gasteiger partial charge in [0.2, 0.25) is 5.88 Å². The fourth-order valence-corrected chi connectivity index (χ4v) is 2.19. The lowest BCUT2D eigenvalue weighted by atomic mass is 10.1. The van der Waals surface area contributed by atoms with E-state index >= 15 is 0 Å². The van der Waals surface area contributed by atoms with Gasteiger partial charge in [-0.25, -0.2) is 4.98 Å². The molecule has 1 unspecified atom stereocenters. The number of hydrogen-bond acceptors (Lipinski definition) is 3. The molecule has 0 radical (unpaired) electrons. The van der Waals surface area contributed by atoms with Gasteiger partial charge in [0, 0.05) is 12.3 Å². The van der Waals surface area contributed by atoms with Gasteiger partial charge in [0.1, 0.15) is 12.2 Å². The molecule has 1 fully saturated rings. The number of pyridine rings is 1. The summed E-state index contributed by atoms with van der Waals surface area (Å²) in [5.74, 6) is 1.45. The first-order valence-corrected chi connectivity index (χ1v) is 5.84. The Hall–Kier alpha value is -1.56. The number of hydrogen-bond donors (Lipinski definition) is 0. The highest BCUT2D eigenvalue weighted by Gasteiger charge is 2.24. The molecule has 2 atom stereocenters. The molecule has 3 nitrogen and oxygen atoms in total. The first-order chi connectivity index (χ1) is 7.81. The maximum Gasteiger partial charge on any atom is 0.213 e. The van der Waals surface area contributed by atoms with E-state index in [2.05, 4.69) is 11.9 Å². The molecule has 84 valence electrons. The fourth-order valence-electron chi connectivity index (χ4n) is 2.19. The minimum Gasteiger partial charge on any atom is -0.474 e. The van der Waals surface area contributed by atoms with Crippen molar-refractivity contribution in [2.75, 3.05) is 0 Å². The molecule has 0 N–H and O–H groups in total. The van der Waals surface area contributed by atoms with Crippen LogP contribution >= 0.6 is 0 Å². The Morgan fingerprint density at radius 1 is 1.50 bits per heavy atom. The van der Waals surface area contributed by atoms with Gasteiger partial charge < -0.3 is 4.74 Å². The summed E-state index contributed by atoms with van der Waals surface area (Å²) >= 11 is 0. The summed E-state index contributed by atoms with van der Waals surface area (Å²) in [6.45, 7) is 2.23. The molecule has 1 aliphatic carbocycles. The zero-order chi connectivity index (χ0) is 11.4. The van der Waals surface area contributed by atoms with E-state index in [0.717, 1.165) is 18.8 Å². The summed E-state index contributed by atoms with van der Waals surface area (Å²) in [5.41, 5.74) is 0.574. The van der Waals surface area contributed by atoms with Gasteiger partial charge in [-0.1, -0.05) is 13.3 Å². The quantitative estimate of drug-likeness (QED) is 0.780. The Kier molecular flexibility index (Phi) is 3.40. The maximum atomic E-state index is 8.65. The van der Waals surface area contributed by atoms with Gasteiger partial charge in [0.15, 0.2) is 0 Å². The molecule has 0 bridgehead atoms. The highest BCUT2D eigenvalue weighted by Crippen LogP contribution is 2.30. The van der Waals surface area contributed by atoms with Crippen molar-refractivity contribution >= 4 is 0 Å². The second-order valence-corrected chi connectivity index (χ2v) is 4.32. The summed E-state index contributed by atoms with van der Waals surface area (Å²) in [4.78, 5) is 4.12. The van der Waals surface area contributed by atoms with E-state index in [9.17, 15) is 0 Å². The molecular weight excluding hydrogens is 200 g/mol. The van der Waals surface area contributed by atoms with Gasteiger partial charge >= 0.3 is 0 Å². The van der Waals surface area contributed by atoms with Gasteiger partial charge in [-0.3, -0.25) is 0 Å². The van der Waals surface area contributed by atoms with Crippen molar-refractivity contribution in [2.24, 2.45) is 5.92 Å². The average Bonchev–Trinajstić information content (AvgIpc) is 2.78. The summed E-state index contributed by atoms with van der Waals surface area (Å²) in [7, 11) is 0. The second-order valence-electron chi connectivity index (χ2n) is 4.32. The minimum absolute atomic E-state index is 0.311. The Balaban J connectivity index is 1.92. The Morgan fingerprint density at radius 3 is 2.94 bits per heavy atom. The van der Waals surface area contributed by atoms with Crippen LogP contribution in [0.4, 0.5) is 0 Å². The van der Waals surface area contributed by atoms with Crippen LogP contribution in [0.2, 0.25) is 0 Å². The number of nitrogens with zero attached hydrogens (tertiary/aromatic N) is 2. The van der Waals surface area contributed by atoms with Gasteiger partial charge in [-0.2, -0.15) is 5.26 Å². The third-order valence-electron chi connectivity index (χ3n) is 3.22. The molecule has 0 aliphatic heterocycles. The van der Waals surface area contributed by atoms with Crippen molar-refractivity contribution in [1.82, 2.24) is 4.98 Å². The van der Waals surface area contributed by atoms with Crippen molar-refractivity contribution in [2.45, 2.75) is 38.7 Å². The van der Waals surface area contributed by atoms with Gasteiger partial charge in [0.05, 0.1) is 5.56 Å². The summed E-state index contributed by atoms with van der Waals surface area (Å²) in [6, 6.07) is 5.57. The van der Waals surface area contributed by atoms with Crippen molar-refractivity contribution in [3.8, 4) is 11.9 Å². The lowest BCUT2D eigenvalue weighted by molar-refractivity contribution is 0.195. The lowest BCUT2D eigenvalue weighted by Crippen LogP contribution is -2.12. The van der Waals surface area contributed by atoms with Crippen LogP contribution in [-0.2, 0) is 0 Å². The highest BCUT2D eigenvalue weighted by molar-refractivity contribution is 5.28. The molecule has 0 amide bonds. The van der Waals surface area contributed by atoms with E-state index < -0.39 is 0 Å². The van der Waals surface area contributed by atoms with Crippen LogP contribution in [0, 0.1) is 17.2 Å². The van der Waals surface area contributed by atoms with E-state index in [1.165, 1.54) is 12.8 Å². The topological polar surface area (TPSA) is 45.9 Å². The van der Waals surface area contributed by atoms with E-state index in [1.807, 2.05) is 6.07 Å². The van der Waals surface area contributed by atoms with Crippen molar-refractivity contribution in [3.63, 3.8) is 0 Å². The molecule has 1 aromatic heterocycles. The summed E-state index contributed by atoms with van der Waals surface area (Å²) < 4.78 is 5.79. The molecule has 1 saturated carbocycles. The molecule has 2 rings (SSSR count). The number of nitriles is 1. The Labute approximate surface area is 96.1 Å². The number of aromatic nitrogens is 1. The smallest absolute Gasteiger partial charge is 0.213 e. The monoisotopic (exact) mass is 216 g/mol. The van der Waals surface area contributed by atoms with E-state index in [0.29, 0.717) is 17.5 Å². The molecule has 0 spiro atoms. The molecule has 0 aromatic carbocycles. The first kappa shape index (κ1) is 10.9. The van der Waals surface area contributed by atoms with Crippen LogP contribution in [0.3, 0.4) is 0 Å². The molecule has 1 heterocycles. The third-order valence-corrected chi connectivity index (χ3v) is 3.22. The second kappa shape index (κ2) is 4.98. The summed E-state index contributed by atoms with van der Waals surface area (Å²) in [5, 5.41) is 8.65. The Bertz CT molecular complexity index is 380. The van der Waals surface area contributed by atoms with Crippen molar-refractivity contribution in [1.29, 1.82) is 5.26 Å². The van der Waals surface area contributed by atoms with Crippen LogP contribution in [-0.4, -0.2) is 11.1 Å². The first-order valence-electron chi connectivity index (χ1n) is 5.84. The minimum atomic E-state index is 0.311. The van der Waals surface area contributed by atoms with Gasteiger partial charge in [-0.05, 0) is 31.2 Å². The van der Waals surface area contributed by atoms with Gasteiger partial charge in [-0.15, -0.1) is 0 Å². The molecule has 1 aliphatic rings. The Morgan fingerprint density at radius 2 is 2.38 bits per heavy atom. The largest absolute Gasteiger partial charge is 0.474 e. The van der Waals surface area contributed by atoms with Gasteiger partial charge in [0.25, 0.3) is 0 Å². The van der Waals surface area contributed by atoms with Crippen molar-refractivity contribution in [3.05, 3.63) is 23.9 Å². The van der Waals surface area contributed by atoms with E-state index in [1.54, 1.807) is 18.3 Å². The average molecular weight is 216 g/mol. The number of rotatable bonds is 3.